The molecule has 16 heavy (non-hydrogen) atoms. The molecular weight excluding hydrogens is 192 g/mol. The van der Waals surface area contributed by atoms with Gasteiger partial charge < -0.3 is 0 Å². The fraction of sp³-hybridized carbons (Fsp3) is 0.500. The molecule has 88 valence electrons. The van der Waals surface area contributed by atoms with Crippen LogP contribution in [0, 0.1) is 6.92 Å². The lowest BCUT2D eigenvalue weighted by Gasteiger charge is -2.13. The number of benzene rings is 1. The molecule has 0 aliphatic carbocycles. The van der Waals surface area contributed by atoms with E-state index in [0.29, 0.717) is 0 Å². The number of hydrogen-bond donors (Lipinski definition) is 0. The van der Waals surface area contributed by atoms with Crippen molar-refractivity contribution in [3.63, 3.8) is 0 Å². The zero-order chi connectivity index (χ0) is 12.0. The number of aryl methyl sites for hydroxylation is 3. The number of allylic oxidation sites excluding steroid dienone is 1. The third-order valence-corrected chi connectivity index (χ3v) is 3.22. The van der Waals surface area contributed by atoms with E-state index in [-0.39, 0.29) is 0 Å². The summed E-state index contributed by atoms with van der Waals surface area (Å²) in [6.45, 7) is 10.6. The predicted octanol–water partition coefficient (Wildman–Crippen LogP) is 4.63. The van der Waals surface area contributed by atoms with E-state index in [4.69, 9.17) is 0 Å². The van der Waals surface area contributed by atoms with E-state index in [2.05, 4.69) is 39.5 Å². The topological polar surface area (TPSA) is 0 Å². The molecule has 0 aliphatic rings. The first-order valence-corrected chi connectivity index (χ1v) is 6.45. The molecule has 0 heterocycles. The maximum atomic E-state index is 3.79. The van der Waals surface area contributed by atoms with Crippen LogP contribution in [0.25, 0.3) is 0 Å². The molecule has 1 aromatic rings. The minimum atomic E-state index is 1.08. The molecule has 0 unspecified atom stereocenters. The minimum absolute atomic E-state index is 1.08. The van der Waals surface area contributed by atoms with Gasteiger partial charge in [0, 0.05) is 0 Å². The lowest BCUT2D eigenvalue weighted by Crippen LogP contribution is -1.98. The van der Waals surface area contributed by atoms with E-state index in [1.165, 1.54) is 29.5 Å². The molecule has 0 atom stereocenters. The molecule has 0 amide bonds. The zero-order valence-electron chi connectivity index (χ0n) is 11.0. The van der Waals surface area contributed by atoms with Crippen LogP contribution in [0.1, 0.15) is 48.9 Å². The molecular formula is C16H24. The first kappa shape index (κ1) is 13.0. The normalized spacial score (nSPS) is 10.4. The Morgan fingerprint density at radius 1 is 1.12 bits per heavy atom. The van der Waals surface area contributed by atoms with Gasteiger partial charge in [0.1, 0.15) is 0 Å². The first-order valence-electron chi connectivity index (χ1n) is 6.45. The van der Waals surface area contributed by atoms with Crippen LogP contribution in [-0.4, -0.2) is 0 Å². The Morgan fingerprint density at radius 2 is 1.81 bits per heavy atom. The summed E-state index contributed by atoms with van der Waals surface area (Å²) in [6, 6.07) is 4.76. The van der Waals surface area contributed by atoms with Crippen molar-refractivity contribution in [2.45, 2.75) is 52.9 Å². The van der Waals surface area contributed by atoms with Crippen LogP contribution in [0.3, 0.4) is 0 Å². The molecule has 0 fully saturated rings. The van der Waals surface area contributed by atoms with Gasteiger partial charge in [0.25, 0.3) is 0 Å². The second-order valence-electron chi connectivity index (χ2n) is 4.47. The molecule has 0 spiro atoms. The van der Waals surface area contributed by atoms with E-state index in [1.54, 1.807) is 5.56 Å². The minimum Gasteiger partial charge on any atom is -0.103 e. The van der Waals surface area contributed by atoms with E-state index in [0.717, 1.165) is 19.3 Å². The van der Waals surface area contributed by atoms with Crippen LogP contribution in [0.15, 0.2) is 24.8 Å². The highest BCUT2D eigenvalue weighted by Gasteiger charge is 2.05. The van der Waals surface area contributed by atoms with Crippen molar-refractivity contribution >= 4 is 0 Å². The van der Waals surface area contributed by atoms with E-state index in [9.17, 15) is 0 Å². The summed E-state index contributed by atoms with van der Waals surface area (Å²) in [5.41, 5.74) is 6.04. The molecule has 0 saturated heterocycles. The Kier molecular flexibility index (Phi) is 5.31. The van der Waals surface area contributed by atoms with Crippen molar-refractivity contribution in [1.82, 2.24) is 0 Å². The average Bonchev–Trinajstić information content (AvgIpc) is 2.30. The van der Waals surface area contributed by atoms with Gasteiger partial charge in [0.2, 0.25) is 0 Å². The summed E-state index contributed by atoms with van der Waals surface area (Å²) in [5, 5.41) is 0. The van der Waals surface area contributed by atoms with Crippen LogP contribution >= 0.6 is 0 Å². The number of hydrogen-bond acceptors (Lipinski definition) is 0. The van der Waals surface area contributed by atoms with Crippen LogP contribution in [0.5, 0.6) is 0 Å². The first-order chi connectivity index (χ1) is 7.72. The Bertz CT molecular complexity index is 347. The molecule has 0 aromatic heterocycles. The standard InChI is InChI=1S/C16H24/c1-5-8-10-14-11-15(7-3)13(4)16(12-14)9-6-2/h5,11-12H,1,6-10H2,2-4H3. The van der Waals surface area contributed by atoms with Gasteiger partial charge in [0.15, 0.2) is 0 Å². The molecule has 0 heteroatoms. The monoisotopic (exact) mass is 216 g/mol. The van der Waals surface area contributed by atoms with E-state index < -0.39 is 0 Å². The molecule has 0 bridgehead atoms. The van der Waals surface area contributed by atoms with Gasteiger partial charge in [-0.1, -0.05) is 38.5 Å². The quantitative estimate of drug-likeness (QED) is 0.608. The highest BCUT2D eigenvalue weighted by atomic mass is 14.1. The maximum absolute atomic E-state index is 3.79. The summed E-state index contributed by atoms with van der Waals surface area (Å²) in [4.78, 5) is 0. The fourth-order valence-corrected chi connectivity index (χ4v) is 2.22. The SMILES string of the molecule is C=CCCc1cc(CC)c(C)c(CCC)c1. The number of rotatable bonds is 6. The maximum Gasteiger partial charge on any atom is -0.0244 e. The largest absolute Gasteiger partial charge is 0.103 e. The van der Waals surface area contributed by atoms with E-state index >= 15 is 0 Å². The predicted molar refractivity (Wildman–Crippen MR) is 73.1 cm³/mol. The van der Waals surface area contributed by atoms with Crippen LogP contribution in [0.4, 0.5) is 0 Å². The third-order valence-electron chi connectivity index (χ3n) is 3.22. The molecule has 0 saturated carbocycles. The Hall–Kier alpha value is -1.04. The Labute approximate surface area is 100 Å². The van der Waals surface area contributed by atoms with Crippen molar-refractivity contribution in [3.8, 4) is 0 Å². The summed E-state index contributed by atoms with van der Waals surface area (Å²) >= 11 is 0. The third kappa shape index (κ3) is 3.23. The second kappa shape index (κ2) is 6.52. The van der Waals surface area contributed by atoms with E-state index in [1.807, 2.05) is 6.08 Å². The smallest absolute Gasteiger partial charge is 0.0244 e. The van der Waals surface area contributed by atoms with Crippen LogP contribution in [-0.2, 0) is 19.3 Å². The molecule has 1 aromatic carbocycles. The van der Waals surface area contributed by atoms with Gasteiger partial charge in [-0.25, -0.2) is 0 Å². The molecule has 0 nitrogen and oxygen atoms in total. The second-order valence-corrected chi connectivity index (χ2v) is 4.47. The van der Waals surface area contributed by atoms with Gasteiger partial charge in [-0.3, -0.25) is 0 Å². The van der Waals surface area contributed by atoms with Gasteiger partial charge in [-0.05, 0) is 54.9 Å². The highest BCUT2D eigenvalue weighted by molar-refractivity contribution is 5.38. The molecule has 0 aliphatic heterocycles. The van der Waals surface area contributed by atoms with Crippen LogP contribution in [0.2, 0.25) is 0 Å². The van der Waals surface area contributed by atoms with Gasteiger partial charge >= 0.3 is 0 Å². The summed E-state index contributed by atoms with van der Waals surface area (Å²) in [7, 11) is 0. The molecule has 1 rings (SSSR count). The Morgan fingerprint density at radius 3 is 2.38 bits per heavy atom. The molecule has 0 radical (unpaired) electrons. The lowest BCUT2D eigenvalue weighted by atomic mass is 9.93. The fourth-order valence-electron chi connectivity index (χ4n) is 2.22. The van der Waals surface area contributed by atoms with Crippen molar-refractivity contribution in [2.24, 2.45) is 0 Å². The Balaban J connectivity index is 3.01. The van der Waals surface area contributed by atoms with Crippen molar-refractivity contribution < 1.29 is 0 Å². The highest BCUT2D eigenvalue weighted by Crippen LogP contribution is 2.20. The van der Waals surface area contributed by atoms with Crippen molar-refractivity contribution in [2.75, 3.05) is 0 Å². The summed E-state index contributed by atoms with van der Waals surface area (Å²) < 4.78 is 0. The lowest BCUT2D eigenvalue weighted by molar-refractivity contribution is 0.893. The van der Waals surface area contributed by atoms with Gasteiger partial charge in [-0.15, -0.1) is 6.58 Å². The summed E-state index contributed by atoms with van der Waals surface area (Å²) in [6.07, 6.45) is 7.80. The van der Waals surface area contributed by atoms with Gasteiger partial charge in [-0.2, -0.15) is 0 Å². The molecule has 0 N–H and O–H groups in total. The zero-order valence-corrected chi connectivity index (χ0v) is 11.0. The van der Waals surface area contributed by atoms with Gasteiger partial charge in [0.05, 0.1) is 0 Å². The van der Waals surface area contributed by atoms with Crippen molar-refractivity contribution in [3.05, 3.63) is 47.0 Å². The van der Waals surface area contributed by atoms with Crippen molar-refractivity contribution in [1.29, 1.82) is 0 Å². The summed E-state index contributed by atoms with van der Waals surface area (Å²) in [5.74, 6) is 0. The van der Waals surface area contributed by atoms with Crippen LogP contribution < -0.4 is 0 Å². The average molecular weight is 216 g/mol.